The van der Waals surface area contributed by atoms with Gasteiger partial charge >= 0.3 is 0 Å². The molecule has 30 heavy (non-hydrogen) atoms. The minimum Gasteiger partial charge on any atom is -0.383 e. The van der Waals surface area contributed by atoms with Gasteiger partial charge in [-0.1, -0.05) is 23.7 Å². The summed E-state index contributed by atoms with van der Waals surface area (Å²) in [5, 5.41) is 7.63. The Bertz CT molecular complexity index is 1110. The topological polar surface area (TPSA) is 91.4 Å². The molecule has 3 aromatic rings. The van der Waals surface area contributed by atoms with Crippen LogP contribution in [-0.2, 0) is 4.79 Å². The molecule has 1 aliphatic heterocycles. The van der Waals surface area contributed by atoms with Crippen LogP contribution < -0.4 is 10.6 Å². The molecule has 1 aromatic heterocycles. The second-order valence-corrected chi connectivity index (χ2v) is 7.29. The predicted octanol–water partition coefficient (Wildman–Crippen LogP) is 3.10. The first kappa shape index (κ1) is 19.8. The highest BCUT2D eigenvalue weighted by Crippen LogP contribution is 2.24. The largest absolute Gasteiger partial charge is 0.383 e. The van der Waals surface area contributed by atoms with Crippen LogP contribution in [0.5, 0.6) is 0 Å². The normalized spacial score (nSPS) is 12.9. The molecule has 2 heterocycles. The second kappa shape index (κ2) is 8.51. The van der Waals surface area contributed by atoms with Gasteiger partial charge in [0, 0.05) is 48.3 Å². The molecule has 4 rings (SSSR count). The molecule has 0 spiro atoms. The van der Waals surface area contributed by atoms with E-state index in [1.165, 1.54) is 0 Å². The van der Waals surface area contributed by atoms with Crippen molar-refractivity contribution in [2.75, 3.05) is 25.0 Å². The van der Waals surface area contributed by atoms with Gasteiger partial charge < -0.3 is 10.6 Å². The van der Waals surface area contributed by atoms with Gasteiger partial charge in [0.15, 0.2) is 0 Å². The van der Waals surface area contributed by atoms with Gasteiger partial charge in [-0.3, -0.25) is 24.3 Å². The van der Waals surface area contributed by atoms with Gasteiger partial charge in [-0.25, -0.2) is 0 Å². The van der Waals surface area contributed by atoms with Gasteiger partial charge in [-0.15, -0.1) is 0 Å². The maximum Gasteiger partial charge on any atom is 0.261 e. The maximum atomic E-state index is 12.3. The smallest absolute Gasteiger partial charge is 0.261 e. The average Bonchev–Trinajstić information content (AvgIpc) is 2.99. The molecular formula is C22H19ClN4O3. The molecule has 0 aliphatic carbocycles. The summed E-state index contributed by atoms with van der Waals surface area (Å²) < 4.78 is 0. The molecule has 0 radical (unpaired) electrons. The number of imide groups is 1. The molecule has 0 saturated heterocycles. The van der Waals surface area contributed by atoms with Gasteiger partial charge in [-0.05, 0) is 36.4 Å². The van der Waals surface area contributed by atoms with E-state index in [-0.39, 0.29) is 30.7 Å². The fraction of sp³-hybridized carbons (Fsp3) is 0.182. The van der Waals surface area contributed by atoms with E-state index >= 15 is 0 Å². The van der Waals surface area contributed by atoms with E-state index in [1.54, 1.807) is 42.6 Å². The number of hydrogen-bond acceptors (Lipinski definition) is 5. The Morgan fingerprint density at radius 1 is 1.00 bits per heavy atom. The number of carbonyl (C=O) groups excluding carboxylic acids is 3. The molecule has 0 unspecified atom stereocenters. The van der Waals surface area contributed by atoms with Crippen molar-refractivity contribution in [3.05, 3.63) is 70.9 Å². The number of pyridine rings is 1. The lowest BCUT2D eigenvalue weighted by molar-refractivity contribution is -0.121. The van der Waals surface area contributed by atoms with E-state index in [2.05, 4.69) is 15.6 Å². The monoisotopic (exact) mass is 422 g/mol. The Morgan fingerprint density at radius 2 is 1.73 bits per heavy atom. The summed E-state index contributed by atoms with van der Waals surface area (Å²) in [5.41, 5.74) is 2.46. The Kier molecular flexibility index (Phi) is 5.63. The highest BCUT2D eigenvalue weighted by molar-refractivity contribution is 6.31. The van der Waals surface area contributed by atoms with E-state index < -0.39 is 0 Å². The Labute approximate surface area is 178 Å². The van der Waals surface area contributed by atoms with Crippen LogP contribution in [0.3, 0.4) is 0 Å². The summed E-state index contributed by atoms with van der Waals surface area (Å²) in [6, 6.07) is 14.0. The van der Waals surface area contributed by atoms with Crippen LogP contribution in [0.25, 0.3) is 10.9 Å². The van der Waals surface area contributed by atoms with Crippen LogP contribution >= 0.6 is 11.6 Å². The standard InChI is InChI=1S/C22H19ClN4O3/c23-14-5-6-17-18(7-9-24-19(17)13-14)25-10-11-26-20(28)8-12-27-21(29)15-3-1-2-4-16(15)22(27)30/h1-7,9,13H,8,10-12H2,(H,24,25)(H,26,28). The van der Waals surface area contributed by atoms with Crippen molar-refractivity contribution in [2.24, 2.45) is 0 Å². The molecule has 1 aliphatic rings. The number of nitrogens with one attached hydrogen (secondary N) is 2. The first-order valence-electron chi connectivity index (χ1n) is 9.54. The lowest BCUT2D eigenvalue weighted by Crippen LogP contribution is -2.35. The minimum atomic E-state index is -0.352. The summed E-state index contributed by atoms with van der Waals surface area (Å²) in [6.45, 7) is 0.972. The quantitative estimate of drug-likeness (QED) is 0.451. The fourth-order valence-corrected chi connectivity index (χ4v) is 3.58. The number of anilines is 1. The minimum absolute atomic E-state index is 0.0569. The van der Waals surface area contributed by atoms with E-state index in [0.29, 0.717) is 29.2 Å². The first-order valence-corrected chi connectivity index (χ1v) is 9.92. The Balaban J connectivity index is 1.25. The van der Waals surface area contributed by atoms with Gasteiger partial charge in [0.2, 0.25) is 5.91 Å². The highest BCUT2D eigenvalue weighted by Gasteiger charge is 2.34. The van der Waals surface area contributed by atoms with Crippen LogP contribution in [-0.4, -0.2) is 47.2 Å². The van der Waals surface area contributed by atoms with Gasteiger partial charge in [0.25, 0.3) is 11.8 Å². The van der Waals surface area contributed by atoms with Crippen molar-refractivity contribution < 1.29 is 14.4 Å². The third-order valence-electron chi connectivity index (χ3n) is 4.91. The number of nitrogens with zero attached hydrogens (tertiary/aromatic N) is 2. The van der Waals surface area contributed by atoms with Crippen LogP contribution in [0.2, 0.25) is 5.02 Å². The van der Waals surface area contributed by atoms with E-state index in [9.17, 15) is 14.4 Å². The SMILES string of the molecule is O=C(CCN1C(=O)c2ccccc2C1=O)NCCNc1ccnc2cc(Cl)ccc12. The first-order chi connectivity index (χ1) is 14.5. The summed E-state index contributed by atoms with van der Waals surface area (Å²) >= 11 is 6.00. The Morgan fingerprint density at radius 3 is 2.47 bits per heavy atom. The third-order valence-corrected chi connectivity index (χ3v) is 5.14. The number of amides is 3. The van der Waals surface area contributed by atoms with Crippen LogP contribution in [0.15, 0.2) is 54.7 Å². The lowest BCUT2D eigenvalue weighted by Gasteiger charge is -2.14. The molecule has 2 N–H and O–H groups in total. The van der Waals surface area contributed by atoms with Crippen molar-refractivity contribution in [1.29, 1.82) is 0 Å². The summed E-state index contributed by atoms with van der Waals surface area (Å²) in [5.74, 6) is -0.927. The Hall–Kier alpha value is -3.45. The maximum absolute atomic E-state index is 12.3. The number of hydrogen-bond donors (Lipinski definition) is 2. The van der Waals surface area contributed by atoms with Crippen molar-refractivity contribution in [1.82, 2.24) is 15.2 Å². The number of aromatic nitrogens is 1. The van der Waals surface area contributed by atoms with Crippen molar-refractivity contribution in [3.8, 4) is 0 Å². The molecule has 0 fully saturated rings. The fourth-order valence-electron chi connectivity index (χ4n) is 3.42. The second-order valence-electron chi connectivity index (χ2n) is 6.85. The van der Waals surface area contributed by atoms with Crippen molar-refractivity contribution in [2.45, 2.75) is 6.42 Å². The average molecular weight is 423 g/mol. The molecule has 3 amide bonds. The summed E-state index contributed by atoms with van der Waals surface area (Å²) in [7, 11) is 0. The number of halogens is 1. The molecule has 0 saturated carbocycles. The van der Waals surface area contributed by atoms with Gasteiger partial charge in [0.05, 0.1) is 16.6 Å². The number of benzene rings is 2. The van der Waals surface area contributed by atoms with Crippen LogP contribution in [0, 0.1) is 0 Å². The highest BCUT2D eigenvalue weighted by atomic mass is 35.5. The molecular weight excluding hydrogens is 404 g/mol. The molecule has 0 atom stereocenters. The molecule has 0 bridgehead atoms. The zero-order valence-corrected chi connectivity index (χ0v) is 16.8. The number of rotatable bonds is 7. The van der Waals surface area contributed by atoms with Crippen molar-refractivity contribution in [3.63, 3.8) is 0 Å². The molecule has 152 valence electrons. The predicted molar refractivity (Wildman–Crippen MR) is 115 cm³/mol. The van der Waals surface area contributed by atoms with Gasteiger partial charge in [-0.2, -0.15) is 0 Å². The van der Waals surface area contributed by atoms with E-state index in [0.717, 1.165) is 21.5 Å². The molecule has 8 heteroatoms. The van der Waals surface area contributed by atoms with Crippen molar-refractivity contribution >= 4 is 45.9 Å². The molecule has 7 nitrogen and oxygen atoms in total. The van der Waals surface area contributed by atoms with Crippen LogP contribution in [0.4, 0.5) is 5.69 Å². The number of fused-ring (bicyclic) bond motifs is 2. The molecule has 2 aromatic carbocycles. The zero-order chi connectivity index (χ0) is 21.1. The summed E-state index contributed by atoms with van der Waals surface area (Å²) in [6.07, 6.45) is 1.75. The lowest BCUT2D eigenvalue weighted by atomic mass is 10.1. The van der Waals surface area contributed by atoms with E-state index in [4.69, 9.17) is 11.6 Å². The number of carbonyl (C=O) groups is 3. The van der Waals surface area contributed by atoms with Crippen LogP contribution in [0.1, 0.15) is 27.1 Å². The summed E-state index contributed by atoms with van der Waals surface area (Å²) in [4.78, 5) is 42.2. The third kappa shape index (κ3) is 3.97. The zero-order valence-electron chi connectivity index (χ0n) is 16.0. The van der Waals surface area contributed by atoms with Gasteiger partial charge in [0.1, 0.15) is 0 Å². The van der Waals surface area contributed by atoms with E-state index in [1.807, 2.05) is 12.1 Å².